The molecule has 0 unspecified atom stereocenters. The van der Waals surface area contributed by atoms with Gasteiger partial charge in [-0.1, -0.05) is 12.1 Å². The van der Waals surface area contributed by atoms with Gasteiger partial charge in [0.1, 0.15) is 11.9 Å². The van der Waals surface area contributed by atoms with Crippen LogP contribution in [0.15, 0.2) is 40.9 Å². The van der Waals surface area contributed by atoms with E-state index >= 15 is 0 Å². The minimum Gasteiger partial charge on any atom is -0.354 e. The molecule has 90 valence electrons. The maximum absolute atomic E-state index is 13.4. The first kappa shape index (κ1) is 12.6. The van der Waals surface area contributed by atoms with E-state index < -0.39 is 0 Å². The van der Waals surface area contributed by atoms with E-state index in [1.54, 1.807) is 18.2 Å². The van der Waals surface area contributed by atoms with E-state index in [9.17, 15) is 4.39 Å². The molecule has 18 heavy (non-hydrogen) atoms. The predicted molar refractivity (Wildman–Crippen MR) is 73.3 cm³/mol. The Bertz CT molecular complexity index is 632. The van der Waals surface area contributed by atoms with Crippen LogP contribution < -0.4 is 5.32 Å². The third-order valence-corrected chi connectivity index (χ3v) is 3.23. The Morgan fingerprint density at radius 3 is 2.72 bits per heavy atom. The van der Waals surface area contributed by atoms with E-state index in [2.05, 4.69) is 27.3 Å². The van der Waals surface area contributed by atoms with Crippen LogP contribution in [0.3, 0.4) is 0 Å². The summed E-state index contributed by atoms with van der Waals surface area (Å²) in [4.78, 5) is 0. The van der Waals surface area contributed by atoms with Crippen molar-refractivity contribution in [2.75, 3.05) is 5.32 Å². The first-order valence-electron chi connectivity index (χ1n) is 5.33. The SMILES string of the molecule is Cc1cccc(C#N)c1Nc1ccc(Br)c(F)c1. The third-order valence-electron chi connectivity index (χ3n) is 2.58. The summed E-state index contributed by atoms with van der Waals surface area (Å²) in [5, 5.41) is 12.1. The Morgan fingerprint density at radius 1 is 1.28 bits per heavy atom. The van der Waals surface area contributed by atoms with Gasteiger partial charge in [0, 0.05) is 5.69 Å². The number of hydrogen-bond acceptors (Lipinski definition) is 2. The number of aryl methyl sites for hydroxylation is 1. The number of nitrogens with one attached hydrogen (secondary N) is 1. The van der Waals surface area contributed by atoms with Crippen molar-refractivity contribution in [3.05, 3.63) is 57.8 Å². The molecule has 2 aromatic rings. The van der Waals surface area contributed by atoms with Crippen molar-refractivity contribution >= 4 is 27.3 Å². The van der Waals surface area contributed by atoms with Crippen molar-refractivity contribution in [2.24, 2.45) is 0 Å². The Morgan fingerprint density at radius 2 is 2.06 bits per heavy atom. The van der Waals surface area contributed by atoms with Crippen LogP contribution in [0.25, 0.3) is 0 Å². The minimum absolute atomic E-state index is 0.341. The smallest absolute Gasteiger partial charge is 0.139 e. The van der Waals surface area contributed by atoms with Crippen LogP contribution in [0.1, 0.15) is 11.1 Å². The molecule has 0 bridgehead atoms. The minimum atomic E-state index is -0.341. The van der Waals surface area contributed by atoms with Gasteiger partial charge in [-0.3, -0.25) is 0 Å². The monoisotopic (exact) mass is 304 g/mol. The number of rotatable bonds is 2. The van der Waals surface area contributed by atoms with Crippen LogP contribution in [0.2, 0.25) is 0 Å². The van der Waals surface area contributed by atoms with Crippen molar-refractivity contribution in [3.8, 4) is 6.07 Å². The molecule has 0 aliphatic heterocycles. The summed E-state index contributed by atoms with van der Waals surface area (Å²) in [5.74, 6) is -0.341. The van der Waals surface area contributed by atoms with Crippen molar-refractivity contribution in [3.63, 3.8) is 0 Å². The summed E-state index contributed by atoms with van der Waals surface area (Å²) < 4.78 is 13.8. The fourth-order valence-electron chi connectivity index (χ4n) is 1.65. The van der Waals surface area contributed by atoms with Gasteiger partial charge in [-0.05, 0) is 52.7 Å². The number of halogens is 2. The van der Waals surface area contributed by atoms with Crippen LogP contribution in [0.5, 0.6) is 0 Å². The molecule has 0 atom stereocenters. The second kappa shape index (κ2) is 5.19. The van der Waals surface area contributed by atoms with Crippen molar-refractivity contribution in [1.82, 2.24) is 0 Å². The summed E-state index contributed by atoms with van der Waals surface area (Å²) in [6.07, 6.45) is 0. The van der Waals surface area contributed by atoms with Gasteiger partial charge in [0.25, 0.3) is 0 Å². The number of hydrogen-bond donors (Lipinski definition) is 1. The van der Waals surface area contributed by atoms with Crippen molar-refractivity contribution in [1.29, 1.82) is 5.26 Å². The number of nitriles is 1. The van der Waals surface area contributed by atoms with Crippen LogP contribution >= 0.6 is 15.9 Å². The van der Waals surface area contributed by atoms with Crippen molar-refractivity contribution in [2.45, 2.75) is 6.92 Å². The van der Waals surface area contributed by atoms with E-state index in [0.29, 0.717) is 21.4 Å². The molecule has 4 heteroatoms. The highest BCUT2D eigenvalue weighted by molar-refractivity contribution is 9.10. The normalized spacial score (nSPS) is 9.89. The number of para-hydroxylation sites is 1. The molecule has 0 heterocycles. The Kier molecular flexibility index (Phi) is 3.63. The molecule has 2 aromatic carbocycles. The average molecular weight is 305 g/mol. The second-order valence-corrected chi connectivity index (χ2v) is 4.72. The Balaban J connectivity index is 2.40. The van der Waals surface area contributed by atoms with E-state index in [1.165, 1.54) is 6.07 Å². The standard InChI is InChI=1S/C14H10BrFN2/c1-9-3-2-4-10(8-17)14(9)18-11-5-6-12(15)13(16)7-11/h2-7,18H,1H3. The average Bonchev–Trinajstić information content (AvgIpc) is 2.36. The highest BCUT2D eigenvalue weighted by atomic mass is 79.9. The zero-order valence-corrected chi connectivity index (χ0v) is 11.3. The van der Waals surface area contributed by atoms with Gasteiger partial charge in [-0.25, -0.2) is 4.39 Å². The highest BCUT2D eigenvalue weighted by Gasteiger charge is 2.07. The second-order valence-electron chi connectivity index (χ2n) is 3.86. The highest BCUT2D eigenvalue weighted by Crippen LogP contribution is 2.26. The van der Waals surface area contributed by atoms with Gasteiger partial charge in [0.05, 0.1) is 15.7 Å². The molecule has 0 aliphatic carbocycles. The van der Waals surface area contributed by atoms with E-state index in [0.717, 1.165) is 5.56 Å². The molecule has 0 saturated carbocycles. The zero-order chi connectivity index (χ0) is 13.1. The molecule has 1 N–H and O–H groups in total. The lowest BCUT2D eigenvalue weighted by Gasteiger charge is -2.11. The molecule has 0 aromatic heterocycles. The number of nitrogens with zero attached hydrogens (tertiary/aromatic N) is 1. The van der Waals surface area contributed by atoms with Gasteiger partial charge < -0.3 is 5.32 Å². The van der Waals surface area contributed by atoms with Crippen molar-refractivity contribution < 1.29 is 4.39 Å². The lowest BCUT2D eigenvalue weighted by molar-refractivity contribution is 0.622. The van der Waals surface area contributed by atoms with E-state index in [1.807, 2.05) is 19.1 Å². The van der Waals surface area contributed by atoms with Crippen LogP contribution in [-0.4, -0.2) is 0 Å². The van der Waals surface area contributed by atoms with Gasteiger partial charge in [0.15, 0.2) is 0 Å². The lowest BCUT2D eigenvalue weighted by atomic mass is 10.1. The van der Waals surface area contributed by atoms with Crippen LogP contribution in [-0.2, 0) is 0 Å². The summed E-state index contributed by atoms with van der Waals surface area (Å²) in [7, 11) is 0. The zero-order valence-electron chi connectivity index (χ0n) is 9.67. The maximum Gasteiger partial charge on any atom is 0.139 e. The summed E-state index contributed by atoms with van der Waals surface area (Å²) >= 11 is 3.10. The molecular formula is C14H10BrFN2. The summed E-state index contributed by atoms with van der Waals surface area (Å²) in [6, 6.07) is 12.3. The van der Waals surface area contributed by atoms with E-state index in [-0.39, 0.29) is 5.82 Å². The van der Waals surface area contributed by atoms with Crippen LogP contribution in [0, 0.1) is 24.1 Å². The molecule has 0 fully saturated rings. The Labute approximate surface area is 113 Å². The Hall–Kier alpha value is -1.86. The van der Waals surface area contributed by atoms with Gasteiger partial charge >= 0.3 is 0 Å². The molecule has 0 aliphatic rings. The molecule has 0 amide bonds. The first-order chi connectivity index (χ1) is 8.61. The summed E-state index contributed by atoms with van der Waals surface area (Å²) in [6.45, 7) is 1.90. The molecule has 2 nitrogen and oxygen atoms in total. The topological polar surface area (TPSA) is 35.8 Å². The van der Waals surface area contributed by atoms with E-state index in [4.69, 9.17) is 5.26 Å². The van der Waals surface area contributed by atoms with Gasteiger partial charge in [-0.2, -0.15) is 5.26 Å². The third kappa shape index (κ3) is 2.52. The molecule has 0 spiro atoms. The summed E-state index contributed by atoms with van der Waals surface area (Å²) in [5.41, 5.74) is 2.80. The first-order valence-corrected chi connectivity index (χ1v) is 6.13. The predicted octanol–water partition coefficient (Wildman–Crippen LogP) is 4.51. The fraction of sp³-hybridized carbons (Fsp3) is 0.0714. The molecule has 2 rings (SSSR count). The fourth-order valence-corrected chi connectivity index (χ4v) is 1.89. The molecule has 0 radical (unpaired) electrons. The van der Waals surface area contributed by atoms with Gasteiger partial charge in [-0.15, -0.1) is 0 Å². The van der Waals surface area contributed by atoms with Gasteiger partial charge in [0.2, 0.25) is 0 Å². The molecular weight excluding hydrogens is 295 g/mol. The van der Waals surface area contributed by atoms with Crippen LogP contribution in [0.4, 0.5) is 15.8 Å². The number of benzene rings is 2. The number of anilines is 2. The quantitative estimate of drug-likeness (QED) is 0.886. The maximum atomic E-state index is 13.4. The largest absolute Gasteiger partial charge is 0.354 e. The lowest BCUT2D eigenvalue weighted by Crippen LogP contribution is -1.97. The molecule has 0 saturated heterocycles.